The van der Waals surface area contributed by atoms with Crippen LogP contribution in [-0.4, -0.2) is 15.8 Å². The summed E-state index contributed by atoms with van der Waals surface area (Å²) < 4.78 is 5.10. The van der Waals surface area contributed by atoms with Gasteiger partial charge in [0.2, 0.25) is 6.71 Å². The Morgan fingerprint density at radius 2 is 0.765 bits per heavy atom. The third-order valence-electron chi connectivity index (χ3n) is 11.0. The molecular formula is C48H31BN2. The van der Waals surface area contributed by atoms with Gasteiger partial charge in [-0.1, -0.05) is 169 Å². The third-order valence-corrected chi connectivity index (χ3v) is 11.0. The Morgan fingerprint density at radius 3 is 1.43 bits per heavy atom. The molecule has 236 valence electrons. The molecule has 10 aromatic rings. The molecule has 2 nitrogen and oxygen atoms in total. The van der Waals surface area contributed by atoms with Gasteiger partial charge < -0.3 is 9.13 Å². The highest BCUT2D eigenvalue weighted by Crippen LogP contribution is 2.40. The Bertz CT molecular complexity index is 2910. The van der Waals surface area contributed by atoms with Crippen LogP contribution in [0.2, 0.25) is 0 Å². The van der Waals surface area contributed by atoms with Crippen LogP contribution in [0.15, 0.2) is 188 Å². The van der Waals surface area contributed by atoms with Crippen molar-refractivity contribution in [3.63, 3.8) is 0 Å². The van der Waals surface area contributed by atoms with Crippen molar-refractivity contribution >= 4 is 66.7 Å². The van der Waals surface area contributed by atoms with Crippen molar-refractivity contribution in [1.29, 1.82) is 0 Å². The monoisotopic (exact) mass is 646 g/mol. The molecule has 0 saturated heterocycles. The molecule has 0 radical (unpaired) electrons. The lowest BCUT2D eigenvalue weighted by molar-refractivity contribution is 1.14. The normalized spacial score (nSPS) is 12.3. The summed E-state index contributed by atoms with van der Waals surface area (Å²) in [5, 5.41) is 5.05. The van der Waals surface area contributed by atoms with Gasteiger partial charge in [0.25, 0.3) is 0 Å². The number of benzene rings is 8. The largest absolute Gasteiger partial charge is 0.308 e. The van der Waals surface area contributed by atoms with E-state index >= 15 is 0 Å². The van der Waals surface area contributed by atoms with Crippen molar-refractivity contribution < 1.29 is 0 Å². The van der Waals surface area contributed by atoms with E-state index in [0.717, 1.165) is 0 Å². The number of aromatic nitrogens is 2. The topological polar surface area (TPSA) is 9.86 Å². The molecule has 11 rings (SSSR count). The molecule has 0 bridgehead atoms. The lowest BCUT2D eigenvalue weighted by Gasteiger charge is -2.26. The van der Waals surface area contributed by atoms with Gasteiger partial charge in [0.15, 0.2) is 0 Å². The molecule has 0 fully saturated rings. The molecule has 2 aromatic heterocycles. The second-order valence-corrected chi connectivity index (χ2v) is 13.6. The zero-order chi connectivity index (χ0) is 33.5. The molecule has 0 unspecified atom stereocenters. The van der Waals surface area contributed by atoms with Crippen molar-refractivity contribution in [2.75, 3.05) is 0 Å². The molecular weight excluding hydrogens is 615 g/mol. The maximum absolute atomic E-state index is 2.56. The van der Waals surface area contributed by atoms with Gasteiger partial charge >= 0.3 is 0 Å². The van der Waals surface area contributed by atoms with E-state index < -0.39 is 0 Å². The van der Waals surface area contributed by atoms with Crippen molar-refractivity contribution in [3.8, 4) is 33.6 Å². The van der Waals surface area contributed by atoms with E-state index in [2.05, 4.69) is 197 Å². The number of fused-ring (bicyclic) bond motifs is 9. The van der Waals surface area contributed by atoms with Gasteiger partial charge in [0.1, 0.15) is 0 Å². The molecule has 0 amide bonds. The minimum absolute atomic E-state index is 0.106. The highest BCUT2D eigenvalue weighted by atomic mass is 15.1. The van der Waals surface area contributed by atoms with Crippen molar-refractivity contribution in [2.45, 2.75) is 0 Å². The molecule has 0 saturated carbocycles. The van der Waals surface area contributed by atoms with Crippen LogP contribution in [0.4, 0.5) is 0 Å². The Kier molecular flexibility index (Phi) is 6.08. The molecule has 3 heterocycles. The third kappa shape index (κ3) is 4.00. The average molecular weight is 647 g/mol. The zero-order valence-corrected chi connectivity index (χ0v) is 27.9. The lowest BCUT2D eigenvalue weighted by Crippen LogP contribution is -2.55. The smallest absolute Gasteiger partial charge is 0.248 e. The second-order valence-electron chi connectivity index (χ2n) is 13.6. The zero-order valence-electron chi connectivity index (χ0n) is 27.9. The Balaban J connectivity index is 1.41. The van der Waals surface area contributed by atoms with Gasteiger partial charge in [-0.15, -0.1) is 0 Å². The number of hydrogen-bond donors (Lipinski definition) is 0. The molecule has 0 aliphatic carbocycles. The Labute approximate surface area is 296 Å². The highest BCUT2D eigenvalue weighted by molar-refractivity contribution is 6.99. The molecule has 1 aliphatic heterocycles. The number of para-hydroxylation sites is 5. The van der Waals surface area contributed by atoms with Gasteiger partial charge in [0, 0.05) is 32.7 Å². The van der Waals surface area contributed by atoms with Crippen LogP contribution >= 0.6 is 0 Å². The summed E-state index contributed by atoms with van der Waals surface area (Å²) in [7, 11) is 0. The predicted molar refractivity (Wildman–Crippen MR) is 217 cm³/mol. The first kappa shape index (κ1) is 28.3. The lowest BCUT2D eigenvalue weighted by atomic mass is 9.34. The molecule has 0 N–H and O–H groups in total. The van der Waals surface area contributed by atoms with E-state index in [1.807, 2.05) is 0 Å². The van der Waals surface area contributed by atoms with Crippen LogP contribution in [-0.2, 0) is 0 Å². The van der Waals surface area contributed by atoms with Crippen molar-refractivity contribution in [1.82, 2.24) is 9.13 Å². The standard InChI is InChI=1S/C48H31BN2/c1-3-16-32(17-4-1)34-22-13-23-35(33-18-5-2-6-19-33)46(34)49-40-26-9-12-30-44(40)50-42-28-10-8-21-37(42)39-25-15-31-45(48(39)50)51-43-29-11-7-20-36(43)38-24-14-27-41(49)47(38)51/h1-31H. The van der Waals surface area contributed by atoms with Crippen LogP contribution < -0.4 is 16.4 Å². The molecule has 8 aromatic carbocycles. The predicted octanol–water partition coefficient (Wildman–Crippen LogP) is 10.0. The first-order valence-electron chi connectivity index (χ1n) is 17.7. The van der Waals surface area contributed by atoms with E-state index in [1.54, 1.807) is 0 Å². The summed E-state index contributed by atoms with van der Waals surface area (Å²) in [5.74, 6) is 0. The van der Waals surface area contributed by atoms with Gasteiger partial charge in [-0.05, 0) is 57.4 Å². The quantitative estimate of drug-likeness (QED) is 0.169. The number of nitrogens with zero attached hydrogens (tertiary/aromatic N) is 2. The van der Waals surface area contributed by atoms with Crippen LogP contribution in [0, 0.1) is 0 Å². The first-order valence-corrected chi connectivity index (χ1v) is 17.7. The van der Waals surface area contributed by atoms with E-state index in [1.165, 1.54) is 93.6 Å². The first-order chi connectivity index (χ1) is 25.4. The van der Waals surface area contributed by atoms with Gasteiger partial charge in [0.05, 0.1) is 22.2 Å². The fraction of sp³-hybridized carbons (Fsp3) is 0. The van der Waals surface area contributed by atoms with Crippen molar-refractivity contribution in [3.05, 3.63) is 188 Å². The van der Waals surface area contributed by atoms with Crippen LogP contribution in [0.1, 0.15) is 0 Å². The summed E-state index contributed by atoms with van der Waals surface area (Å²) in [5.41, 5.74) is 16.1. The summed E-state index contributed by atoms with van der Waals surface area (Å²) in [4.78, 5) is 0. The molecule has 51 heavy (non-hydrogen) atoms. The fourth-order valence-corrected chi connectivity index (χ4v) is 8.99. The van der Waals surface area contributed by atoms with Crippen LogP contribution in [0.25, 0.3) is 77.2 Å². The highest BCUT2D eigenvalue weighted by Gasteiger charge is 2.35. The molecule has 0 spiro atoms. The van der Waals surface area contributed by atoms with E-state index in [0.29, 0.717) is 0 Å². The minimum atomic E-state index is -0.106. The summed E-state index contributed by atoms with van der Waals surface area (Å²) in [6.45, 7) is -0.106. The summed E-state index contributed by atoms with van der Waals surface area (Å²) in [6.07, 6.45) is 0. The molecule has 3 heteroatoms. The van der Waals surface area contributed by atoms with Gasteiger partial charge in [-0.3, -0.25) is 0 Å². The average Bonchev–Trinajstić information content (AvgIpc) is 3.73. The van der Waals surface area contributed by atoms with Crippen molar-refractivity contribution in [2.24, 2.45) is 0 Å². The SMILES string of the molecule is c1ccc(-c2cccc(-c3ccccc3)c2B2c3ccccc3-n3c4ccccc4c4cccc(c43)-n3c4ccccc4c4cccc2c43)cc1. The van der Waals surface area contributed by atoms with E-state index in [9.17, 15) is 0 Å². The fourth-order valence-electron chi connectivity index (χ4n) is 8.99. The minimum Gasteiger partial charge on any atom is -0.308 e. The Hall–Kier alpha value is -6.58. The van der Waals surface area contributed by atoms with E-state index in [4.69, 9.17) is 0 Å². The second kappa shape index (κ2) is 11.0. The summed E-state index contributed by atoms with van der Waals surface area (Å²) in [6, 6.07) is 69.5. The Morgan fingerprint density at radius 1 is 0.314 bits per heavy atom. The van der Waals surface area contributed by atoms with Crippen LogP contribution in [0.5, 0.6) is 0 Å². The number of hydrogen-bond acceptors (Lipinski definition) is 0. The maximum atomic E-state index is 2.56. The summed E-state index contributed by atoms with van der Waals surface area (Å²) >= 11 is 0. The number of rotatable bonds is 3. The molecule has 0 atom stereocenters. The van der Waals surface area contributed by atoms with Gasteiger partial charge in [-0.25, -0.2) is 0 Å². The van der Waals surface area contributed by atoms with Crippen LogP contribution in [0.3, 0.4) is 0 Å². The molecule has 1 aliphatic rings. The van der Waals surface area contributed by atoms with E-state index in [-0.39, 0.29) is 6.71 Å². The maximum Gasteiger partial charge on any atom is 0.248 e. The van der Waals surface area contributed by atoms with Gasteiger partial charge in [-0.2, -0.15) is 0 Å².